The molecule has 1 heterocycles. The summed E-state index contributed by atoms with van der Waals surface area (Å²) in [5.74, 6) is -0.250. The summed E-state index contributed by atoms with van der Waals surface area (Å²) in [6.45, 7) is 3.12. The van der Waals surface area contributed by atoms with Crippen LogP contribution in [0.3, 0.4) is 0 Å². The fourth-order valence-electron chi connectivity index (χ4n) is 1.56. The van der Waals surface area contributed by atoms with Gasteiger partial charge in [-0.3, -0.25) is 0 Å². The van der Waals surface area contributed by atoms with Gasteiger partial charge in [0.15, 0.2) is 0 Å². The first-order valence-electron chi connectivity index (χ1n) is 4.50. The van der Waals surface area contributed by atoms with Gasteiger partial charge in [0.25, 0.3) is 0 Å². The van der Waals surface area contributed by atoms with Gasteiger partial charge in [0.05, 0.1) is 0 Å². The van der Waals surface area contributed by atoms with Gasteiger partial charge in [-0.15, -0.1) is 0 Å². The summed E-state index contributed by atoms with van der Waals surface area (Å²) in [7, 11) is 2.10. The molecule has 0 aromatic heterocycles. The molecule has 1 aliphatic heterocycles. The first kappa shape index (κ1) is 10.1. The van der Waals surface area contributed by atoms with Crippen LogP contribution >= 0.6 is 0 Å². The molecule has 1 saturated heterocycles. The number of hydrogen-bond acceptors (Lipinski definition) is 3. The van der Waals surface area contributed by atoms with E-state index in [1.54, 1.807) is 0 Å². The number of carboxylic acids is 1. The van der Waals surface area contributed by atoms with Gasteiger partial charge >= 0.3 is 5.97 Å². The predicted octanol–water partition coefficient (Wildman–Crippen LogP) is 0.126. The molecule has 0 saturated carbocycles. The maximum absolute atomic E-state index is 10.1. The summed E-state index contributed by atoms with van der Waals surface area (Å²) in [4.78, 5) is 12.4. The lowest BCUT2D eigenvalue weighted by Gasteiger charge is -2.09. The second kappa shape index (κ2) is 4.87. The van der Waals surface area contributed by atoms with Gasteiger partial charge in [0, 0.05) is 25.4 Å². The van der Waals surface area contributed by atoms with E-state index in [1.807, 2.05) is 0 Å². The fraction of sp³-hybridized carbons (Fsp3) is 0.667. The number of likely N-dealkylation sites (tertiary alicyclic amines) is 1. The van der Waals surface area contributed by atoms with E-state index in [2.05, 4.69) is 17.3 Å². The van der Waals surface area contributed by atoms with Gasteiger partial charge in [0.1, 0.15) is 0 Å². The van der Waals surface area contributed by atoms with Crippen LogP contribution in [-0.4, -0.2) is 42.7 Å². The summed E-state index contributed by atoms with van der Waals surface area (Å²) in [5.41, 5.74) is 0. The number of carbonyl (C=O) groups is 1. The minimum absolute atomic E-state index is 0.656. The van der Waals surface area contributed by atoms with Crippen molar-refractivity contribution in [3.63, 3.8) is 0 Å². The van der Waals surface area contributed by atoms with Crippen molar-refractivity contribution in [2.45, 2.75) is 6.42 Å². The topological polar surface area (TPSA) is 52.6 Å². The lowest BCUT2D eigenvalue weighted by atomic mass is 10.1. The van der Waals surface area contributed by atoms with E-state index < -0.39 is 5.97 Å². The molecule has 1 fully saturated rings. The Balaban J connectivity index is 2.09. The summed E-state index contributed by atoms with van der Waals surface area (Å²) >= 11 is 0. The Labute approximate surface area is 78.2 Å². The average Bonchev–Trinajstić information content (AvgIpc) is 2.45. The Kier molecular flexibility index (Phi) is 3.76. The smallest absolute Gasteiger partial charge is 0.329 e. The van der Waals surface area contributed by atoms with Crippen LogP contribution in [0.5, 0.6) is 0 Å². The van der Waals surface area contributed by atoms with Crippen molar-refractivity contribution < 1.29 is 9.90 Å². The highest BCUT2D eigenvalue weighted by Crippen LogP contribution is 2.12. The number of nitrogens with one attached hydrogen (secondary N) is 1. The van der Waals surface area contributed by atoms with Crippen LogP contribution < -0.4 is 5.32 Å². The van der Waals surface area contributed by atoms with Gasteiger partial charge in [-0.05, 0) is 25.9 Å². The van der Waals surface area contributed by atoms with Crippen LogP contribution in [0.25, 0.3) is 0 Å². The standard InChI is InChI=1S/C9H16N2O2/c1-11-5-3-8(7-11)6-10-4-2-9(12)13/h2,4,8,10H,3,5-7H2,1H3,(H,12,13)/b4-2+. The van der Waals surface area contributed by atoms with E-state index in [0.717, 1.165) is 25.7 Å². The first-order chi connectivity index (χ1) is 6.18. The van der Waals surface area contributed by atoms with E-state index in [-0.39, 0.29) is 0 Å². The maximum atomic E-state index is 10.1. The summed E-state index contributed by atoms with van der Waals surface area (Å²) in [5, 5.41) is 11.3. The molecule has 0 amide bonds. The highest BCUT2D eigenvalue weighted by atomic mass is 16.4. The van der Waals surface area contributed by atoms with Gasteiger partial charge < -0.3 is 15.3 Å². The largest absolute Gasteiger partial charge is 0.478 e. The second-order valence-electron chi connectivity index (χ2n) is 3.50. The number of hydrogen-bond donors (Lipinski definition) is 2. The lowest BCUT2D eigenvalue weighted by Crippen LogP contribution is -2.21. The van der Waals surface area contributed by atoms with Crippen molar-refractivity contribution in [2.24, 2.45) is 5.92 Å². The Morgan fingerprint density at radius 1 is 1.77 bits per heavy atom. The monoisotopic (exact) mass is 184 g/mol. The number of aliphatic carboxylic acids is 1. The molecule has 1 rings (SSSR count). The summed E-state index contributed by atoms with van der Waals surface area (Å²) < 4.78 is 0. The van der Waals surface area contributed by atoms with Gasteiger partial charge in [0.2, 0.25) is 0 Å². The fourth-order valence-corrected chi connectivity index (χ4v) is 1.56. The van der Waals surface area contributed by atoms with Crippen molar-refractivity contribution in [2.75, 3.05) is 26.7 Å². The molecule has 1 atom stereocenters. The lowest BCUT2D eigenvalue weighted by molar-refractivity contribution is -0.131. The molecule has 0 radical (unpaired) electrons. The molecule has 4 heteroatoms. The molecule has 0 bridgehead atoms. The van der Waals surface area contributed by atoms with Crippen molar-refractivity contribution in [3.8, 4) is 0 Å². The van der Waals surface area contributed by atoms with Gasteiger partial charge in [-0.1, -0.05) is 0 Å². The number of nitrogens with zero attached hydrogens (tertiary/aromatic N) is 1. The third kappa shape index (κ3) is 3.94. The third-order valence-corrected chi connectivity index (χ3v) is 2.24. The maximum Gasteiger partial charge on any atom is 0.329 e. The number of rotatable bonds is 4. The van der Waals surface area contributed by atoms with Crippen molar-refractivity contribution in [1.29, 1.82) is 0 Å². The van der Waals surface area contributed by atoms with E-state index >= 15 is 0 Å². The van der Waals surface area contributed by atoms with Crippen LogP contribution in [-0.2, 0) is 4.79 Å². The van der Waals surface area contributed by atoms with E-state index in [0.29, 0.717) is 5.92 Å². The first-order valence-corrected chi connectivity index (χ1v) is 4.50. The zero-order valence-electron chi connectivity index (χ0n) is 7.86. The highest BCUT2D eigenvalue weighted by Gasteiger charge is 2.17. The molecule has 74 valence electrons. The van der Waals surface area contributed by atoms with Crippen LogP contribution in [0.1, 0.15) is 6.42 Å². The van der Waals surface area contributed by atoms with Gasteiger partial charge in [-0.25, -0.2) is 4.79 Å². The Hall–Kier alpha value is -1.03. The second-order valence-corrected chi connectivity index (χ2v) is 3.50. The van der Waals surface area contributed by atoms with Crippen molar-refractivity contribution in [3.05, 3.63) is 12.3 Å². The van der Waals surface area contributed by atoms with Crippen LogP contribution in [0.4, 0.5) is 0 Å². The zero-order valence-corrected chi connectivity index (χ0v) is 7.86. The van der Waals surface area contributed by atoms with Crippen LogP contribution in [0.15, 0.2) is 12.3 Å². The molecule has 0 aromatic carbocycles. The summed E-state index contributed by atoms with van der Waals surface area (Å²) in [6, 6.07) is 0. The number of carboxylic acid groups (broad SMARTS) is 1. The molecular formula is C9H16N2O2. The average molecular weight is 184 g/mol. The molecule has 1 unspecified atom stereocenters. The molecule has 0 spiro atoms. The van der Waals surface area contributed by atoms with E-state index in [1.165, 1.54) is 12.6 Å². The normalized spacial score (nSPS) is 23.9. The summed E-state index contributed by atoms with van der Waals surface area (Å²) in [6.07, 6.45) is 3.82. The molecule has 13 heavy (non-hydrogen) atoms. The van der Waals surface area contributed by atoms with Gasteiger partial charge in [-0.2, -0.15) is 0 Å². The third-order valence-electron chi connectivity index (χ3n) is 2.24. The van der Waals surface area contributed by atoms with E-state index in [9.17, 15) is 4.79 Å². The molecule has 4 nitrogen and oxygen atoms in total. The highest BCUT2D eigenvalue weighted by molar-refractivity contribution is 5.79. The predicted molar refractivity (Wildman–Crippen MR) is 50.4 cm³/mol. The molecule has 0 aromatic rings. The Bertz CT molecular complexity index is 204. The van der Waals surface area contributed by atoms with Crippen LogP contribution in [0, 0.1) is 5.92 Å². The minimum Gasteiger partial charge on any atom is -0.478 e. The molecule has 0 aliphatic carbocycles. The Morgan fingerprint density at radius 2 is 2.54 bits per heavy atom. The van der Waals surface area contributed by atoms with Crippen molar-refractivity contribution >= 4 is 5.97 Å². The van der Waals surface area contributed by atoms with Crippen LogP contribution in [0.2, 0.25) is 0 Å². The SMILES string of the molecule is CN1CCC(CN/C=C/C(=O)O)C1. The Morgan fingerprint density at radius 3 is 3.08 bits per heavy atom. The molecular weight excluding hydrogens is 168 g/mol. The zero-order chi connectivity index (χ0) is 9.68. The molecule has 2 N–H and O–H groups in total. The molecule has 1 aliphatic rings. The van der Waals surface area contributed by atoms with Crippen molar-refractivity contribution in [1.82, 2.24) is 10.2 Å². The minimum atomic E-state index is -0.906. The van der Waals surface area contributed by atoms with E-state index in [4.69, 9.17) is 5.11 Å². The quantitative estimate of drug-likeness (QED) is 0.610.